The largest absolute Gasteiger partial charge is 0.508 e. The minimum Gasteiger partial charge on any atom is -0.508 e. The summed E-state index contributed by atoms with van der Waals surface area (Å²) in [7, 11) is 0. The number of amides is 2. The van der Waals surface area contributed by atoms with Crippen molar-refractivity contribution in [3.05, 3.63) is 41.7 Å². The monoisotopic (exact) mass is 390 g/mol. The standard InChI is InChI=1S/C18H22N4O6/c23-11-15(18(26)20-16-1-4-28-21-16)19-17(25)13-7-12(8-14(24)9-13)10-22-2-5-27-6-3-22/h1,4,7-9,15,23-24H,2-3,5-6,10-11H2,(H,19,25)(H,20,21,26). The Morgan fingerprint density at radius 1 is 1.25 bits per heavy atom. The van der Waals surface area contributed by atoms with Crippen molar-refractivity contribution in [2.75, 3.05) is 38.2 Å². The first kappa shape index (κ1) is 19.8. The van der Waals surface area contributed by atoms with Gasteiger partial charge in [-0.15, -0.1) is 0 Å². The average Bonchev–Trinajstić information content (AvgIpc) is 3.19. The molecule has 0 bridgehead atoms. The van der Waals surface area contributed by atoms with Crippen molar-refractivity contribution in [2.45, 2.75) is 12.6 Å². The maximum absolute atomic E-state index is 12.5. The van der Waals surface area contributed by atoms with Gasteiger partial charge in [0.25, 0.3) is 11.8 Å². The topological polar surface area (TPSA) is 137 Å². The SMILES string of the molecule is O=C(NC(CO)C(=O)Nc1ccon1)c1cc(O)cc(CN2CCOCC2)c1. The number of phenols is 1. The number of hydrogen-bond donors (Lipinski definition) is 4. The molecule has 28 heavy (non-hydrogen) atoms. The third kappa shape index (κ3) is 5.28. The van der Waals surface area contributed by atoms with Crippen LogP contribution in [0.25, 0.3) is 0 Å². The number of carbonyl (C=O) groups excluding carboxylic acids is 2. The van der Waals surface area contributed by atoms with Gasteiger partial charge in [-0.1, -0.05) is 5.16 Å². The van der Waals surface area contributed by atoms with Gasteiger partial charge in [0.2, 0.25) is 0 Å². The lowest BCUT2D eigenvalue weighted by molar-refractivity contribution is -0.118. The molecule has 1 atom stereocenters. The van der Waals surface area contributed by atoms with Gasteiger partial charge in [-0.25, -0.2) is 0 Å². The van der Waals surface area contributed by atoms with E-state index in [4.69, 9.17) is 4.74 Å². The van der Waals surface area contributed by atoms with E-state index in [1.54, 1.807) is 12.1 Å². The number of anilines is 1. The Labute approximate surface area is 161 Å². The molecule has 2 aromatic rings. The van der Waals surface area contributed by atoms with E-state index in [-0.39, 0.29) is 17.1 Å². The minimum absolute atomic E-state index is 0.0523. The van der Waals surface area contributed by atoms with Crippen LogP contribution >= 0.6 is 0 Å². The summed E-state index contributed by atoms with van der Waals surface area (Å²) in [4.78, 5) is 26.9. The van der Waals surface area contributed by atoms with Crippen LogP contribution in [0.5, 0.6) is 5.75 Å². The highest BCUT2D eigenvalue weighted by Gasteiger charge is 2.22. The molecule has 1 fully saturated rings. The first-order valence-electron chi connectivity index (χ1n) is 8.81. The normalized spacial score (nSPS) is 15.8. The number of nitrogens with one attached hydrogen (secondary N) is 2. The van der Waals surface area contributed by atoms with Gasteiger partial charge >= 0.3 is 0 Å². The van der Waals surface area contributed by atoms with Gasteiger partial charge in [-0.3, -0.25) is 14.5 Å². The molecule has 1 unspecified atom stereocenters. The van der Waals surface area contributed by atoms with Gasteiger partial charge in [0.05, 0.1) is 19.8 Å². The Hall–Kier alpha value is -2.95. The van der Waals surface area contributed by atoms with Crippen molar-refractivity contribution in [3.8, 4) is 5.75 Å². The van der Waals surface area contributed by atoms with Gasteiger partial charge in [0, 0.05) is 31.3 Å². The van der Waals surface area contributed by atoms with Gasteiger partial charge < -0.3 is 30.1 Å². The number of aliphatic hydroxyl groups excluding tert-OH is 1. The molecule has 1 aromatic heterocycles. The third-order valence-corrected chi connectivity index (χ3v) is 4.24. The Morgan fingerprint density at radius 2 is 2.04 bits per heavy atom. The summed E-state index contributed by atoms with van der Waals surface area (Å²) >= 11 is 0. The fraction of sp³-hybridized carbons (Fsp3) is 0.389. The summed E-state index contributed by atoms with van der Waals surface area (Å²) in [5.41, 5.74) is 0.954. The number of aromatic nitrogens is 1. The summed E-state index contributed by atoms with van der Waals surface area (Å²) in [6.07, 6.45) is 1.28. The number of hydrogen-bond acceptors (Lipinski definition) is 8. The highest BCUT2D eigenvalue weighted by atomic mass is 16.5. The lowest BCUT2D eigenvalue weighted by atomic mass is 10.1. The Morgan fingerprint density at radius 3 is 2.71 bits per heavy atom. The number of morpholine rings is 1. The molecular formula is C18H22N4O6. The Kier molecular flexibility index (Phi) is 6.58. The molecule has 10 heteroatoms. The zero-order valence-electron chi connectivity index (χ0n) is 15.1. The van der Waals surface area contributed by atoms with E-state index in [2.05, 4.69) is 25.2 Å². The molecule has 0 saturated carbocycles. The number of aromatic hydroxyl groups is 1. The van der Waals surface area contributed by atoms with Crippen LogP contribution in [0, 0.1) is 0 Å². The van der Waals surface area contributed by atoms with E-state index < -0.39 is 24.5 Å². The van der Waals surface area contributed by atoms with E-state index in [0.717, 1.165) is 18.7 Å². The molecule has 1 saturated heterocycles. The first-order chi connectivity index (χ1) is 13.5. The predicted molar refractivity (Wildman–Crippen MR) is 97.7 cm³/mol. The molecule has 4 N–H and O–H groups in total. The van der Waals surface area contributed by atoms with Crippen molar-refractivity contribution in [3.63, 3.8) is 0 Å². The van der Waals surface area contributed by atoms with Crippen LogP contribution in [0.4, 0.5) is 5.82 Å². The fourth-order valence-electron chi connectivity index (χ4n) is 2.84. The second-order valence-corrected chi connectivity index (χ2v) is 6.36. The zero-order chi connectivity index (χ0) is 19.9. The highest BCUT2D eigenvalue weighted by Crippen LogP contribution is 2.18. The summed E-state index contributed by atoms with van der Waals surface area (Å²) in [5, 5.41) is 27.8. The fourth-order valence-corrected chi connectivity index (χ4v) is 2.84. The molecular weight excluding hydrogens is 368 g/mol. The van der Waals surface area contributed by atoms with Crippen LogP contribution in [0.15, 0.2) is 35.1 Å². The van der Waals surface area contributed by atoms with Crippen LogP contribution in [0.3, 0.4) is 0 Å². The van der Waals surface area contributed by atoms with Gasteiger partial charge in [-0.2, -0.15) is 0 Å². The van der Waals surface area contributed by atoms with Gasteiger partial charge in [0.15, 0.2) is 5.82 Å². The summed E-state index contributed by atoms with van der Waals surface area (Å²) in [6.45, 7) is 2.79. The predicted octanol–water partition coefficient (Wildman–Crippen LogP) is -0.0582. The van der Waals surface area contributed by atoms with E-state index in [0.29, 0.717) is 19.8 Å². The number of ether oxygens (including phenoxy) is 1. The van der Waals surface area contributed by atoms with Crippen molar-refractivity contribution in [1.82, 2.24) is 15.4 Å². The number of nitrogens with zero attached hydrogens (tertiary/aromatic N) is 2. The zero-order valence-corrected chi connectivity index (χ0v) is 15.1. The molecule has 0 radical (unpaired) electrons. The molecule has 2 amide bonds. The number of benzene rings is 1. The van der Waals surface area contributed by atoms with Crippen LogP contribution in [-0.2, 0) is 16.1 Å². The van der Waals surface area contributed by atoms with Crippen LogP contribution < -0.4 is 10.6 Å². The summed E-state index contributed by atoms with van der Waals surface area (Å²) in [5.74, 6) is -1.11. The first-order valence-corrected chi connectivity index (χ1v) is 8.81. The van der Waals surface area contributed by atoms with E-state index in [1.165, 1.54) is 18.4 Å². The summed E-state index contributed by atoms with van der Waals surface area (Å²) < 4.78 is 9.93. The van der Waals surface area contributed by atoms with Crippen molar-refractivity contribution < 1.29 is 29.1 Å². The van der Waals surface area contributed by atoms with Crippen LogP contribution in [0.1, 0.15) is 15.9 Å². The number of phenolic OH excluding ortho intramolecular Hbond substituents is 1. The molecule has 10 nitrogen and oxygen atoms in total. The molecule has 3 rings (SSSR count). The smallest absolute Gasteiger partial charge is 0.252 e. The average molecular weight is 390 g/mol. The van der Waals surface area contributed by atoms with Crippen molar-refractivity contribution >= 4 is 17.6 Å². The van der Waals surface area contributed by atoms with E-state index >= 15 is 0 Å². The number of carbonyl (C=O) groups is 2. The molecule has 2 heterocycles. The third-order valence-electron chi connectivity index (χ3n) is 4.24. The molecule has 0 aliphatic carbocycles. The van der Waals surface area contributed by atoms with Gasteiger partial charge in [-0.05, 0) is 23.8 Å². The van der Waals surface area contributed by atoms with Crippen molar-refractivity contribution in [2.24, 2.45) is 0 Å². The maximum Gasteiger partial charge on any atom is 0.252 e. The molecule has 150 valence electrons. The van der Waals surface area contributed by atoms with E-state index in [9.17, 15) is 19.8 Å². The molecule has 0 spiro atoms. The molecule has 1 aliphatic rings. The van der Waals surface area contributed by atoms with Crippen LogP contribution in [-0.4, -0.2) is 71.0 Å². The number of rotatable bonds is 7. The Balaban J connectivity index is 1.65. The molecule has 1 aliphatic heterocycles. The minimum atomic E-state index is -1.19. The maximum atomic E-state index is 12.5. The van der Waals surface area contributed by atoms with Crippen molar-refractivity contribution in [1.29, 1.82) is 0 Å². The van der Waals surface area contributed by atoms with E-state index in [1.807, 2.05) is 0 Å². The Bertz CT molecular complexity index is 804. The highest BCUT2D eigenvalue weighted by molar-refractivity contribution is 6.01. The lowest BCUT2D eigenvalue weighted by Crippen LogP contribution is -2.46. The lowest BCUT2D eigenvalue weighted by Gasteiger charge is -2.26. The van der Waals surface area contributed by atoms with Crippen LogP contribution in [0.2, 0.25) is 0 Å². The quantitative estimate of drug-likeness (QED) is 0.516. The second-order valence-electron chi connectivity index (χ2n) is 6.36. The summed E-state index contributed by atoms with van der Waals surface area (Å²) in [6, 6.07) is 4.79. The second kappa shape index (κ2) is 9.31. The van der Waals surface area contributed by atoms with Gasteiger partial charge in [0.1, 0.15) is 18.1 Å². The molecule has 1 aromatic carbocycles. The number of aliphatic hydroxyl groups is 1.